The Hall–Kier alpha value is -2.09. The van der Waals surface area contributed by atoms with Crippen molar-refractivity contribution < 1.29 is 18.5 Å². The average molecular weight is 572 g/mol. The highest BCUT2D eigenvalue weighted by atomic mass is 35.5. The minimum atomic E-state index is -1.54. The first-order chi connectivity index (χ1) is 18.9. The Morgan fingerprint density at radius 1 is 1.08 bits per heavy atom. The number of rotatable bonds is 1. The number of benzene rings is 2. The molecule has 2 aromatic carbocycles. The van der Waals surface area contributed by atoms with E-state index in [1.807, 2.05) is 25.3 Å². The second-order valence-corrected chi connectivity index (χ2v) is 13.1. The Kier molecular flexibility index (Phi) is 9.52. The number of hydrogen-bond donors (Lipinski definition) is 0. The topological polar surface area (TPSA) is 68.2 Å². The number of fused-ring (bicyclic) bond motifs is 3. The van der Waals surface area contributed by atoms with E-state index in [0.29, 0.717) is 42.2 Å². The van der Waals surface area contributed by atoms with Crippen LogP contribution in [0.5, 0.6) is 5.75 Å². The van der Waals surface area contributed by atoms with E-state index in [1.165, 1.54) is 17.5 Å². The molecule has 2 bridgehead atoms. The second-order valence-electron chi connectivity index (χ2n) is 11.5. The molecule has 1 unspecified atom stereocenters. The summed E-state index contributed by atoms with van der Waals surface area (Å²) in [5.41, 5.74) is 3.86. The lowest BCUT2D eigenvalue weighted by Crippen LogP contribution is -2.44. The van der Waals surface area contributed by atoms with E-state index in [9.17, 15) is 9.00 Å². The normalized spacial score (nSPS) is 27.2. The standard InChI is InChI=1S/C31H40ClN2O4S/c1-21-6-5-15-39(36)33-31(35)23-10-13-29-28(18-23)34(20-25-9-12-27(25)30(16-21)37-2)19-24-8-11-26(32)17-22(24)7-3-4-14-38-29/h8,10-11,13,17-18,21,25,27,30H,3-7,9,12,14-16,19-20H2,1-2H3/q-1/t21?,25-,27+,30-/m0/s1. The predicted octanol–water partition coefficient (Wildman–Crippen LogP) is 7.21. The molecule has 0 N–H and O–H groups in total. The molecule has 8 heteroatoms. The molecule has 1 aliphatic carbocycles. The number of carbonyl (C=O) groups is 1. The molecule has 1 fully saturated rings. The van der Waals surface area contributed by atoms with E-state index >= 15 is 0 Å². The van der Waals surface area contributed by atoms with Crippen LogP contribution in [-0.4, -0.2) is 38.0 Å². The van der Waals surface area contributed by atoms with E-state index in [2.05, 4.69) is 28.3 Å². The second kappa shape index (κ2) is 13.0. The van der Waals surface area contributed by atoms with Crippen LogP contribution in [0.3, 0.4) is 0 Å². The molecule has 4 atom stereocenters. The van der Waals surface area contributed by atoms with Crippen LogP contribution in [0.4, 0.5) is 5.69 Å². The number of methoxy groups -OCH3 is 1. The van der Waals surface area contributed by atoms with Gasteiger partial charge >= 0.3 is 0 Å². The maximum Gasteiger partial charge on any atom is 0.254 e. The van der Waals surface area contributed by atoms with Gasteiger partial charge in [0.1, 0.15) is 5.75 Å². The molecule has 1 saturated carbocycles. The summed E-state index contributed by atoms with van der Waals surface area (Å²) in [6, 6.07) is 11.7. The zero-order valence-electron chi connectivity index (χ0n) is 23.1. The number of hydrogen-bond acceptors (Lipinski definition) is 6. The van der Waals surface area contributed by atoms with Crippen LogP contribution in [0.1, 0.15) is 73.4 Å². The molecule has 5 rings (SSSR count). The van der Waals surface area contributed by atoms with Gasteiger partial charge in [-0.3, -0.25) is 4.79 Å². The van der Waals surface area contributed by atoms with Gasteiger partial charge in [-0.1, -0.05) is 43.2 Å². The summed E-state index contributed by atoms with van der Waals surface area (Å²) >= 11 is 6.41. The maximum atomic E-state index is 13.1. The van der Waals surface area contributed by atoms with Crippen LogP contribution >= 0.6 is 11.6 Å². The first-order valence-electron chi connectivity index (χ1n) is 14.4. The first-order valence-corrected chi connectivity index (χ1v) is 16.0. The fourth-order valence-electron chi connectivity index (χ4n) is 6.35. The van der Waals surface area contributed by atoms with Gasteiger partial charge in [-0.15, -0.1) is 0 Å². The van der Waals surface area contributed by atoms with Crippen LogP contribution in [0.2, 0.25) is 5.02 Å². The molecule has 212 valence electrons. The van der Waals surface area contributed by atoms with Crippen LogP contribution in [0.15, 0.2) is 40.8 Å². The van der Waals surface area contributed by atoms with Crippen molar-refractivity contribution in [2.75, 3.05) is 30.9 Å². The van der Waals surface area contributed by atoms with E-state index in [-0.39, 0.29) is 6.10 Å². The third-order valence-corrected chi connectivity index (χ3v) is 9.96. The quantitative estimate of drug-likeness (QED) is 0.338. The fraction of sp³-hybridized carbons (Fsp3) is 0.581. The number of halogens is 1. The molecule has 0 radical (unpaired) electrons. The van der Waals surface area contributed by atoms with E-state index < -0.39 is 16.5 Å². The lowest BCUT2D eigenvalue weighted by Gasteiger charge is -2.45. The molecule has 2 heterocycles. The van der Waals surface area contributed by atoms with E-state index in [0.717, 1.165) is 68.0 Å². The zero-order chi connectivity index (χ0) is 27.4. The molecule has 0 spiro atoms. The molecule has 2 aromatic rings. The molecule has 1 amide bonds. The lowest BCUT2D eigenvalue weighted by atomic mass is 9.68. The SMILES string of the molecule is CO[C@H]1CC(C)CCC[S-](=O)=NC(=O)c2ccc3c(c2)N(Cc2ccc(Cl)cc2CCCCO3)C[C@@H]2CC[C@H]21. The third kappa shape index (κ3) is 6.98. The number of nitrogens with zero attached hydrogens (tertiary/aromatic N) is 2. The van der Waals surface area contributed by atoms with Crippen LogP contribution in [-0.2, 0) is 32.5 Å². The number of carbonyl (C=O) groups excluding carboxylic acids is 1. The summed E-state index contributed by atoms with van der Waals surface area (Å²) in [6.45, 7) is 4.39. The van der Waals surface area contributed by atoms with Crippen molar-refractivity contribution in [3.8, 4) is 5.75 Å². The van der Waals surface area contributed by atoms with Crippen molar-refractivity contribution in [2.24, 2.45) is 22.1 Å². The zero-order valence-corrected chi connectivity index (χ0v) is 24.6. The summed E-state index contributed by atoms with van der Waals surface area (Å²) in [7, 11) is 0.301. The monoisotopic (exact) mass is 571 g/mol. The summed E-state index contributed by atoms with van der Waals surface area (Å²) < 4.78 is 29.1. The molecular formula is C31H40ClN2O4S-. The molecule has 3 aliphatic rings. The average Bonchev–Trinajstić information content (AvgIpc) is 2.93. The molecule has 6 nitrogen and oxygen atoms in total. The van der Waals surface area contributed by atoms with E-state index in [4.69, 9.17) is 21.1 Å². The van der Waals surface area contributed by atoms with Crippen molar-refractivity contribution >= 4 is 33.8 Å². The van der Waals surface area contributed by atoms with Crippen LogP contribution in [0.25, 0.3) is 0 Å². The highest BCUT2D eigenvalue weighted by Crippen LogP contribution is 2.43. The van der Waals surface area contributed by atoms with Crippen LogP contribution < -0.4 is 9.64 Å². The van der Waals surface area contributed by atoms with Gasteiger partial charge < -0.3 is 22.9 Å². The van der Waals surface area contributed by atoms with Gasteiger partial charge in [-0.25, -0.2) is 0 Å². The Morgan fingerprint density at radius 3 is 2.74 bits per heavy atom. The van der Waals surface area contributed by atoms with Gasteiger partial charge in [0.25, 0.3) is 5.91 Å². The minimum absolute atomic E-state index is 0.209. The van der Waals surface area contributed by atoms with E-state index in [1.54, 1.807) is 6.07 Å². The summed E-state index contributed by atoms with van der Waals surface area (Å²) in [4.78, 5) is 15.5. The Balaban J connectivity index is 1.58. The van der Waals surface area contributed by atoms with Crippen LogP contribution in [0, 0.1) is 17.8 Å². The molecule has 0 saturated heterocycles. The van der Waals surface area contributed by atoms with Crippen molar-refractivity contribution in [2.45, 2.75) is 70.9 Å². The molecule has 0 aromatic heterocycles. The van der Waals surface area contributed by atoms with Gasteiger partial charge in [0.15, 0.2) is 0 Å². The van der Waals surface area contributed by atoms with Gasteiger partial charge in [0.2, 0.25) is 0 Å². The number of aryl methyl sites for hydroxylation is 1. The highest BCUT2D eigenvalue weighted by molar-refractivity contribution is 7.75. The number of anilines is 1. The minimum Gasteiger partial charge on any atom is -0.491 e. The Bertz CT molecular complexity index is 1260. The van der Waals surface area contributed by atoms with Gasteiger partial charge in [-0.05, 0) is 97.7 Å². The summed E-state index contributed by atoms with van der Waals surface area (Å²) in [6.07, 6.45) is 8.16. The molecular weight excluding hydrogens is 532 g/mol. The van der Waals surface area contributed by atoms with Crippen molar-refractivity contribution in [3.05, 3.63) is 58.1 Å². The summed E-state index contributed by atoms with van der Waals surface area (Å²) in [5.74, 6) is 2.18. The predicted molar refractivity (Wildman–Crippen MR) is 157 cm³/mol. The summed E-state index contributed by atoms with van der Waals surface area (Å²) in [5, 5.41) is 0.756. The van der Waals surface area contributed by atoms with Gasteiger partial charge in [0.05, 0.1) is 18.4 Å². The Morgan fingerprint density at radius 2 is 1.95 bits per heavy atom. The Labute approximate surface area is 239 Å². The molecule has 2 aliphatic heterocycles. The molecule has 39 heavy (non-hydrogen) atoms. The van der Waals surface area contributed by atoms with Crippen molar-refractivity contribution in [3.63, 3.8) is 0 Å². The lowest BCUT2D eigenvalue weighted by molar-refractivity contribution is -0.0287. The van der Waals surface area contributed by atoms with Gasteiger partial charge in [0, 0.05) is 30.8 Å². The first kappa shape index (κ1) is 28.4. The number of amides is 1. The fourth-order valence-corrected chi connectivity index (χ4v) is 7.34. The van der Waals surface area contributed by atoms with Gasteiger partial charge in [-0.2, -0.15) is 10.6 Å². The highest BCUT2D eigenvalue weighted by Gasteiger charge is 2.39. The third-order valence-electron chi connectivity index (χ3n) is 8.72. The van der Waals surface area contributed by atoms with Crippen molar-refractivity contribution in [1.82, 2.24) is 0 Å². The number of ether oxygens (including phenoxy) is 2. The van der Waals surface area contributed by atoms with Crippen molar-refractivity contribution in [1.29, 1.82) is 0 Å². The smallest absolute Gasteiger partial charge is 0.254 e. The largest absolute Gasteiger partial charge is 0.491 e. The maximum absolute atomic E-state index is 13.1.